The molecule has 2 N–H and O–H groups in total. The zero-order valence-electron chi connectivity index (χ0n) is 14.7. The van der Waals surface area contributed by atoms with Gasteiger partial charge in [-0.15, -0.1) is 22.7 Å². The SMILES string of the molecule is S=c1nc(-c2cccs2)[nH]n1C[NH+]1CCC(c2nc3ccccc3s2)CC1. The lowest BCUT2D eigenvalue weighted by Gasteiger charge is -2.28. The molecule has 4 heterocycles. The summed E-state index contributed by atoms with van der Waals surface area (Å²) in [6, 6.07) is 12.5. The number of aromatic amines is 1. The number of benzene rings is 1. The summed E-state index contributed by atoms with van der Waals surface area (Å²) in [5.74, 6) is 1.46. The Kier molecular flexibility index (Phi) is 4.65. The van der Waals surface area contributed by atoms with Gasteiger partial charge in [0.25, 0.3) is 0 Å². The first-order valence-corrected chi connectivity index (χ1v) is 11.3. The molecular formula is C19H20N5S3+. The number of thiazole rings is 1. The van der Waals surface area contributed by atoms with E-state index >= 15 is 0 Å². The number of rotatable bonds is 4. The molecule has 1 aliphatic rings. The van der Waals surface area contributed by atoms with Crippen LogP contribution in [0, 0.1) is 4.77 Å². The highest BCUT2D eigenvalue weighted by Crippen LogP contribution is 2.31. The second-order valence-electron chi connectivity index (χ2n) is 6.96. The summed E-state index contributed by atoms with van der Waals surface area (Å²) >= 11 is 8.99. The van der Waals surface area contributed by atoms with Crippen LogP contribution in [0.2, 0.25) is 0 Å². The summed E-state index contributed by atoms with van der Waals surface area (Å²) in [4.78, 5) is 12.1. The molecule has 0 spiro atoms. The first kappa shape index (κ1) is 17.2. The fourth-order valence-corrected chi connectivity index (χ4v) is 5.71. The Bertz CT molecular complexity index is 1070. The van der Waals surface area contributed by atoms with Gasteiger partial charge in [0.15, 0.2) is 12.5 Å². The first-order valence-electron chi connectivity index (χ1n) is 9.16. The molecule has 0 unspecified atom stereocenters. The predicted octanol–water partition coefficient (Wildman–Crippen LogP) is 3.70. The second-order valence-corrected chi connectivity index (χ2v) is 9.34. The summed E-state index contributed by atoms with van der Waals surface area (Å²) in [6.45, 7) is 3.12. The lowest BCUT2D eigenvalue weighted by molar-refractivity contribution is -0.928. The largest absolute Gasteiger partial charge is 0.316 e. The van der Waals surface area contributed by atoms with E-state index in [-0.39, 0.29) is 0 Å². The number of nitrogens with zero attached hydrogens (tertiary/aromatic N) is 3. The molecule has 0 saturated carbocycles. The number of quaternary nitrogens is 1. The summed E-state index contributed by atoms with van der Waals surface area (Å²) in [5.41, 5.74) is 1.14. The number of para-hydroxylation sites is 1. The number of H-pyrrole nitrogens is 1. The molecule has 0 aliphatic carbocycles. The molecule has 4 aromatic rings. The third kappa shape index (κ3) is 3.50. The van der Waals surface area contributed by atoms with E-state index in [1.165, 1.54) is 22.5 Å². The number of thiophene rings is 1. The minimum atomic E-state index is 0.586. The van der Waals surface area contributed by atoms with Crippen LogP contribution in [0.25, 0.3) is 20.9 Å². The van der Waals surface area contributed by atoms with Crippen LogP contribution in [0.3, 0.4) is 0 Å². The van der Waals surface area contributed by atoms with Crippen LogP contribution in [-0.2, 0) is 6.67 Å². The highest BCUT2D eigenvalue weighted by molar-refractivity contribution is 7.71. The smallest absolute Gasteiger partial charge is 0.221 e. The van der Waals surface area contributed by atoms with Crippen molar-refractivity contribution >= 4 is 45.1 Å². The first-order chi connectivity index (χ1) is 13.3. The zero-order valence-corrected chi connectivity index (χ0v) is 17.2. The number of hydrogen-bond acceptors (Lipinski definition) is 5. The lowest BCUT2D eigenvalue weighted by Crippen LogP contribution is -3.12. The van der Waals surface area contributed by atoms with Crippen LogP contribution >= 0.6 is 34.9 Å². The van der Waals surface area contributed by atoms with Gasteiger partial charge in [-0.25, -0.2) is 9.67 Å². The average molecular weight is 415 g/mol. The van der Waals surface area contributed by atoms with E-state index < -0.39 is 0 Å². The number of hydrogen-bond donors (Lipinski definition) is 2. The van der Waals surface area contributed by atoms with Crippen LogP contribution in [-0.4, -0.2) is 32.8 Å². The van der Waals surface area contributed by atoms with Gasteiger partial charge in [0.05, 0.1) is 33.2 Å². The van der Waals surface area contributed by atoms with E-state index in [1.54, 1.807) is 16.2 Å². The third-order valence-electron chi connectivity index (χ3n) is 5.17. The number of nitrogens with one attached hydrogen (secondary N) is 2. The van der Waals surface area contributed by atoms with Gasteiger partial charge in [-0.1, -0.05) is 18.2 Å². The monoisotopic (exact) mass is 414 g/mol. The van der Waals surface area contributed by atoms with Crippen molar-refractivity contribution in [1.29, 1.82) is 0 Å². The Hall–Kier alpha value is -1.87. The molecule has 8 heteroatoms. The number of likely N-dealkylation sites (tertiary alicyclic amines) is 1. The number of piperidine rings is 1. The van der Waals surface area contributed by atoms with Crippen LogP contribution in [0.15, 0.2) is 41.8 Å². The Morgan fingerprint density at radius 2 is 2.00 bits per heavy atom. The Balaban J connectivity index is 1.25. The Morgan fingerprint density at radius 3 is 2.78 bits per heavy atom. The van der Waals surface area contributed by atoms with Gasteiger partial charge >= 0.3 is 0 Å². The lowest BCUT2D eigenvalue weighted by atomic mass is 9.98. The van der Waals surface area contributed by atoms with Gasteiger partial charge < -0.3 is 4.90 Å². The van der Waals surface area contributed by atoms with Crippen molar-refractivity contribution in [3.63, 3.8) is 0 Å². The zero-order chi connectivity index (χ0) is 18.2. The molecule has 27 heavy (non-hydrogen) atoms. The van der Waals surface area contributed by atoms with Crippen LogP contribution < -0.4 is 4.90 Å². The molecule has 0 atom stereocenters. The molecule has 5 nitrogen and oxygen atoms in total. The predicted molar refractivity (Wildman–Crippen MR) is 113 cm³/mol. The molecule has 1 aliphatic heterocycles. The van der Waals surface area contributed by atoms with Crippen molar-refractivity contribution in [2.24, 2.45) is 0 Å². The molecule has 0 amide bonds. The van der Waals surface area contributed by atoms with Crippen molar-refractivity contribution in [3.05, 3.63) is 51.6 Å². The molecule has 5 rings (SSSR count). The van der Waals surface area contributed by atoms with E-state index in [0.29, 0.717) is 10.7 Å². The van der Waals surface area contributed by atoms with E-state index in [9.17, 15) is 0 Å². The maximum atomic E-state index is 5.46. The molecule has 3 aromatic heterocycles. The molecule has 138 valence electrons. The molecule has 1 fully saturated rings. The average Bonchev–Trinajstić information content (AvgIpc) is 3.42. The van der Waals surface area contributed by atoms with Crippen molar-refractivity contribution in [3.8, 4) is 10.7 Å². The van der Waals surface area contributed by atoms with Crippen molar-refractivity contribution in [1.82, 2.24) is 19.7 Å². The summed E-state index contributed by atoms with van der Waals surface area (Å²) in [5, 5.41) is 6.73. The van der Waals surface area contributed by atoms with Gasteiger partial charge in [-0.05, 0) is 35.8 Å². The van der Waals surface area contributed by atoms with E-state index in [4.69, 9.17) is 17.2 Å². The molecule has 1 aromatic carbocycles. The highest BCUT2D eigenvalue weighted by Gasteiger charge is 2.26. The summed E-state index contributed by atoms with van der Waals surface area (Å²) in [7, 11) is 0. The third-order valence-corrected chi connectivity index (χ3v) is 7.56. The molecule has 0 bridgehead atoms. The topological polar surface area (TPSA) is 50.9 Å². The second kappa shape index (κ2) is 7.27. The maximum absolute atomic E-state index is 5.46. The van der Waals surface area contributed by atoms with Gasteiger partial charge in [0, 0.05) is 18.8 Å². The quantitative estimate of drug-likeness (QED) is 0.501. The van der Waals surface area contributed by atoms with E-state index in [1.807, 2.05) is 22.1 Å². The van der Waals surface area contributed by atoms with Crippen LogP contribution in [0.4, 0.5) is 0 Å². The van der Waals surface area contributed by atoms with Crippen molar-refractivity contribution in [2.45, 2.75) is 25.4 Å². The molecule has 0 radical (unpaired) electrons. The standard InChI is InChI=1S/C19H19N5S3/c25-19-21-17(16-6-3-11-26-16)22-24(19)12-23-9-7-13(8-10-23)18-20-14-4-1-2-5-15(14)27-18/h1-6,11,13H,7-10,12H2,(H,21,22,25)/p+1. The van der Waals surface area contributed by atoms with Crippen LogP contribution in [0.5, 0.6) is 0 Å². The Morgan fingerprint density at radius 1 is 1.15 bits per heavy atom. The van der Waals surface area contributed by atoms with Gasteiger partial charge in [-0.3, -0.25) is 5.10 Å². The number of aromatic nitrogens is 4. The van der Waals surface area contributed by atoms with E-state index in [0.717, 1.165) is 36.0 Å². The molecule has 1 saturated heterocycles. The van der Waals surface area contributed by atoms with Gasteiger partial charge in [-0.2, -0.15) is 4.98 Å². The fraction of sp³-hybridized carbons (Fsp3) is 0.316. The molecular weight excluding hydrogens is 394 g/mol. The van der Waals surface area contributed by atoms with Crippen LogP contribution in [0.1, 0.15) is 23.8 Å². The maximum Gasteiger partial charge on any atom is 0.221 e. The number of fused-ring (bicyclic) bond motifs is 1. The van der Waals surface area contributed by atoms with E-state index in [2.05, 4.69) is 45.8 Å². The van der Waals surface area contributed by atoms with Gasteiger partial charge in [0.2, 0.25) is 4.77 Å². The minimum Gasteiger partial charge on any atom is -0.316 e. The normalized spacial score (nSPS) is 20.3. The van der Waals surface area contributed by atoms with Crippen molar-refractivity contribution in [2.75, 3.05) is 13.1 Å². The highest BCUT2D eigenvalue weighted by atomic mass is 32.1. The summed E-state index contributed by atoms with van der Waals surface area (Å²) in [6.07, 6.45) is 2.35. The minimum absolute atomic E-state index is 0.586. The fourth-order valence-electron chi connectivity index (χ4n) is 3.71. The van der Waals surface area contributed by atoms with Crippen molar-refractivity contribution < 1.29 is 4.90 Å². The Labute approximate surface area is 170 Å². The summed E-state index contributed by atoms with van der Waals surface area (Å²) < 4.78 is 3.95. The van der Waals surface area contributed by atoms with Gasteiger partial charge in [0.1, 0.15) is 0 Å².